The normalized spacial score (nSPS) is 12.3. The number of benzene rings is 9. The van der Waals surface area contributed by atoms with Crippen LogP contribution < -0.4 is 9.80 Å². The summed E-state index contributed by atoms with van der Waals surface area (Å²) in [6.45, 7) is 6.83. The number of aromatic nitrogens is 1. The number of hydrogen-bond donors (Lipinski definition) is 0. The molecule has 0 amide bonds. The summed E-state index contributed by atoms with van der Waals surface area (Å²) in [7, 11) is 0. The molecule has 0 atom stereocenters. The average Bonchev–Trinajstić information content (AvgIpc) is 3.95. The van der Waals surface area contributed by atoms with Gasteiger partial charge in [-0.3, -0.25) is 0 Å². The van der Waals surface area contributed by atoms with E-state index < -0.39 is 0 Å². The van der Waals surface area contributed by atoms with E-state index in [4.69, 9.17) is 4.42 Å². The van der Waals surface area contributed by atoms with Gasteiger partial charge in [-0.05, 0) is 138 Å². The van der Waals surface area contributed by atoms with Gasteiger partial charge in [0.25, 0.3) is 0 Å². The molecule has 0 bridgehead atoms. The summed E-state index contributed by atoms with van der Waals surface area (Å²) in [5.74, 6) is -0.549. The molecule has 12 rings (SSSR count). The van der Waals surface area contributed by atoms with Crippen molar-refractivity contribution >= 4 is 105 Å². The van der Waals surface area contributed by atoms with E-state index in [-0.39, 0.29) is 17.0 Å². The third kappa shape index (κ3) is 5.49. The van der Waals surface area contributed by atoms with Crippen LogP contribution in [0, 0.1) is 11.6 Å². The van der Waals surface area contributed by atoms with E-state index in [0.717, 1.165) is 77.9 Å². The van der Waals surface area contributed by atoms with E-state index in [1.165, 1.54) is 56.9 Å². The van der Waals surface area contributed by atoms with Crippen LogP contribution in [0.3, 0.4) is 0 Å². The largest absolute Gasteiger partial charge is 0.456 e. The molecule has 0 aliphatic heterocycles. The average molecular weight is 808 g/mol. The molecular weight excluding hydrogens is 769 g/mol. The molecule has 0 unspecified atom stereocenters. The highest BCUT2D eigenvalue weighted by molar-refractivity contribution is 6.31. The van der Waals surface area contributed by atoms with Gasteiger partial charge < -0.3 is 18.6 Å². The molecule has 0 aliphatic rings. The van der Waals surface area contributed by atoms with Crippen LogP contribution in [-0.2, 0) is 5.41 Å². The summed E-state index contributed by atoms with van der Waals surface area (Å²) < 4.78 is 37.5. The van der Waals surface area contributed by atoms with Crippen molar-refractivity contribution in [2.45, 2.75) is 26.2 Å². The summed E-state index contributed by atoms with van der Waals surface area (Å²) in [5, 5.41) is 9.15. The summed E-state index contributed by atoms with van der Waals surface area (Å²) in [6, 6.07) is 60.3. The van der Waals surface area contributed by atoms with Crippen molar-refractivity contribution < 1.29 is 13.2 Å². The molecule has 6 heteroatoms. The summed E-state index contributed by atoms with van der Waals surface area (Å²) >= 11 is 0. The zero-order valence-corrected chi connectivity index (χ0v) is 34.3. The standard InChI is InChI=1S/C56H39F2N3O/c1-56(2,3)34-30-48-43-24-22-41(59(37-10-6-4-7-11-37)39-18-14-35(57)15-19-39)32-50(43)61-54-45-28-29-51-53(44(45)26-27-46(54)49(31-34)55(48)61)47-25-23-42(33-52(47)62-51)60(38-12-8-5-9-13-38)40-20-16-36(58)17-21-40/h4-33H,1-3H3. The maximum absolute atomic E-state index is 14.3. The molecular formula is C56H39F2N3O. The second-order valence-corrected chi connectivity index (χ2v) is 17.3. The van der Waals surface area contributed by atoms with E-state index in [1.807, 2.05) is 48.5 Å². The smallest absolute Gasteiger partial charge is 0.137 e. The van der Waals surface area contributed by atoms with Crippen LogP contribution in [0.5, 0.6) is 0 Å². The van der Waals surface area contributed by atoms with E-state index in [2.05, 4.69) is 132 Å². The number of rotatable bonds is 6. The fourth-order valence-electron chi connectivity index (χ4n) is 9.62. The zero-order chi connectivity index (χ0) is 41.9. The number of fused-ring (bicyclic) bond motifs is 12. The van der Waals surface area contributed by atoms with E-state index >= 15 is 0 Å². The van der Waals surface area contributed by atoms with E-state index in [1.54, 1.807) is 12.1 Å². The third-order valence-corrected chi connectivity index (χ3v) is 12.5. The Morgan fingerprint density at radius 2 is 0.855 bits per heavy atom. The van der Waals surface area contributed by atoms with Gasteiger partial charge >= 0.3 is 0 Å². The fraction of sp³-hybridized carbons (Fsp3) is 0.0714. The lowest BCUT2D eigenvalue weighted by molar-refractivity contribution is 0.592. The van der Waals surface area contributed by atoms with Gasteiger partial charge in [0.1, 0.15) is 22.8 Å². The van der Waals surface area contributed by atoms with Crippen molar-refractivity contribution in [1.82, 2.24) is 4.40 Å². The predicted molar refractivity (Wildman–Crippen MR) is 254 cm³/mol. The van der Waals surface area contributed by atoms with E-state index in [9.17, 15) is 8.78 Å². The first-order valence-electron chi connectivity index (χ1n) is 21.0. The highest BCUT2D eigenvalue weighted by Gasteiger charge is 2.26. The number of para-hydroxylation sites is 2. The minimum Gasteiger partial charge on any atom is -0.456 e. The first-order valence-corrected chi connectivity index (χ1v) is 21.0. The monoisotopic (exact) mass is 807 g/mol. The lowest BCUT2D eigenvalue weighted by Crippen LogP contribution is -2.10. The van der Waals surface area contributed by atoms with Gasteiger partial charge in [-0.25, -0.2) is 8.78 Å². The van der Waals surface area contributed by atoms with E-state index in [0.29, 0.717) is 0 Å². The van der Waals surface area contributed by atoms with Crippen molar-refractivity contribution in [1.29, 1.82) is 0 Å². The minimum atomic E-state index is -0.279. The summed E-state index contributed by atoms with van der Waals surface area (Å²) in [5.41, 5.74) is 11.8. The molecule has 0 aliphatic carbocycles. The van der Waals surface area contributed by atoms with Crippen LogP contribution in [0.2, 0.25) is 0 Å². The van der Waals surface area contributed by atoms with Gasteiger partial charge in [0.15, 0.2) is 0 Å². The molecule has 0 radical (unpaired) electrons. The Hall–Kier alpha value is -7.70. The molecule has 4 nitrogen and oxygen atoms in total. The van der Waals surface area contributed by atoms with Crippen LogP contribution in [0.1, 0.15) is 26.3 Å². The van der Waals surface area contributed by atoms with Crippen LogP contribution >= 0.6 is 0 Å². The quantitative estimate of drug-likeness (QED) is 0.167. The molecule has 12 aromatic rings. The van der Waals surface area contributed by atoms with Crippen LogP contribution in [0.25, 0.3) is 70.8 Å². The molecule has 298 valence electrons. The van der Waals surface area contributed by atoms with Crippen LogP contribution in [-0.4, -0.2) is 4.40 Å². The number of nitrogens with zero attached hydrogens (tertiary/aromatic N) is 3. The molecule has 3 heterocycles. The lowest BCUT2D eigenvalue weighted by Gasteiger charge is -2.25. The van der Waals surface area contributed by atoms with Crippen LogP contribution in [0.15, 0.2) is 186 Å². The number of furan rings is 1. The third-order valence-electron chi connectivity index (χ3n) is 12.5. The van der Waals surface area contributed by atoms with Gasteiger partial charge in [0.2, 0.25) is 0 Å². The molecule has 3 aromatic heterocycles. The topological polar surface area (TPSA) is 24.0 Å². The molecule has 0 N–H and O–H groups in total. The molecule has 0 fully saturated rings. The first-order chi connectivity index (χ1) is 30.2. The Kier molecular flexibility index (Phi) is 7.82. The Bertz CT molecular complexity index is 3680. The van der Waals surface area contributed by atoms with Crippen LogP contribution in [0.4, 0.5) is 42.9 Å². The highest BCUT2D eigenvalue weighted by atomic mass is 19.1. The lowest BCUT2D eigenvalue weighted by atomic mass is 9.85. The Morgan fingerprint density at radius 1 is 0.403 bits per heavy atom. The maximum atomic E-state index is 14.3. The molecule has 0 saturated carbocycles. The van der Waals surface area contributed by atoms with Crippen molar-refractivity contribution in [2.24, 2.45) is 0 Å². The number of anilines is 6. The summed E-state index contributed by atoms with van der Waals surface area (Å²) in [6.07, 6.45) is 0. The number of halogens is 2. The Morgan fingerprint density at radius 3 is 1.45 bits per heavy atom. The number of hydrogen-bond acceptors (Lipinski definition) is 3. The van der Waals surface area contributed by atoms with Gasteiger partial charge in [-0.1, -0.05) is 75.4 Å². The predicted octanol–water partition coefficient (Wildman–Crippen LogP) is 16.4. The maximum Gasteiger partial charge on any atom is 0.137 e. The second-order valence-electron chi connectivity index (χ2n) is 17.3. The first kappa shape index (κ1) is 36.2. The van der Waals surface area contributed by atoms with Gasteiger partial charge in [0, 0.05) is 77.9 Å². The molecule has 0 spiro atoms. The van der Waals surface area contributed by atoms with Gasteiger partial charge in [0.05, 0.1) is 16.6 Å². The Balaban J connectivity index is 1.12. The fourth-order valence-corrected chi connectivity index (χ4v) is 9.62. The minimum absolute atomic E-state index is 0.0706. The molecule has 9 aromatic carbocycles. The Labute approximate surface area is 356 Å². The van der Waals surface area contributed by atoms with Crippen molar-refractivity contribution in [3.8, 4) is 0 Å². The summed E-state index contributed by atoms with van der Waals surface area (Å²) in [4.78, 5) is 4.31. The van der Waals surface area contributed by atoms with Crippen molar-refractivity contribution in [3.63, 3.8) is 0 Å². The van der Waals surface area contributed by atoms with Crippen molar-refractivity contribution in [3.05, 3.63) is 199 Å². The molecule has 62 heavy (non-hydrogen) atoms. The molecule has 0 saturated heterocycles. The zero-order valence-electron chi connectivity index (χ0n) is 34.3. The van der Waals surface area contributed by atoms with Crippen molar-refractivity contribution in [2.75, 3.05) is 9.80 Å². The SMILES string of the molecule is CC(C)(C)c1cc2c3ccc(N(c4ccccc4)c4ccc(F)cc4)cc3n3c4c5ccc6oc7cc(N(c8ccccc8)c8ccc(F)cc8)ccc7c6c5ccc4c(c1)c23. The highest BCUT2D eigenvalue weighted by Crippen LogP contribution is 2.48. The van der Waals surface area contributed by atoms with Gasteiger partial charge in [-0.15, -0.1) is 0 Å². The second kappa shape index (κ2) is 13.4. The van der Waals surface area contributed by atoms with Gasteiger partial charge in [-0.2, -0.15) is 0 Å².